The smallest absolute Gasteiger partial charge is 0.165 e. The minimum Gasteiger partial charge on any atom is -0.493 e. The Bertz CT molecular complexity index is 613. The molecule has 3 nitrogen and oxygen atoms in total. The van der Waals surface area contributed by atoms with Crippen LogP contribution in [0.25, 0.3) is 0 Å². The summed E-state index contributed by atoms with van der Waals surface area (Å²) in [7, 11) is 4.07. The Morgan fingerprint density at radius 2 is 2.24 bits per heavy atom. The van der Waals surface area contributed by atoms with Crippen LogP contribution < -0.4 is 9.47 Å². The van der Waals surface area contributed by atoms with E-state index in [1.807, 2.05) is 0 Å². The average Bonchev–Trinajstić information content (AvgIpc) is 2.84. The summed E-state index contributed by atoms with van der Waals surface area (Å²) in [5.74, 6) is 2.79. The summed E-state index contributed by atoms with van der Waals surface area (Å²) in [6.45, 7) is 1.21. The number of nitrogens with zero attached hydrogens (tertiary/aromatic N) is 1. The van der Waals surface area contributed by atoms with Crippen LogP contribution in [-0.2, 0) is 11.8 Å². The molecule has 4 aliphatic rings. The molecule has 1 aromatic carbocycles. The number of methoxy groups -OCH3 is 1. The maximum atomic E-state index is 6.49. The number of piperidine rings is 1. The minimum atomic E-state index is 0.285. The van der Waals surface area contributed by atoms with Crippen molar-refractivity contribution in [2.75, 3.05) is 20.7 Å². The maximum absolute atomic E-state index is 6.49. The van der Waals surface area contributed by atoms with Crippen molar-refractivity contribution in [1.82, 2.24) is 4.90 Å². The molecule has 0 aromatic heterocycles. The van der Waals surface area contributed by atoms with Gasteiger partial charge in [-0.25, -0.2) is 0 Å². The zero-order valence-electron chi connectivity index (χ0n) is 12.9. The molecule has 1 saturated heterocycles. The van der Waals surface area contributed by atoms with Crippen LogP contribution >= 0.6 is 0 Å². The Balaban J connectivity index is 1.79. The summed E-state index contributed by atoms with van der Waals surface area (Å²) in [6, 6.07) is 5.11. The number of likely N-dealkylation sites (tertiary alicyclic amines) is 1. The van der Waals surface area contributed by atoms with Gasteiger partial charge in [-0.05, 0) is 63.2 Å². The average molecular weight is 285 g/mol. The van der Waals surface area contributed by atoms with Crippen molar-refractivity contribution >= 4 is 0 Å². The van der Waals surface area contributed by atoms with Crippen molar-refractivity contribution in [3.63, 3.8) is 0 Å². The molecule has 1 aromatic rings. The highest BCUT2D eigenvalue weighted by atomic mass is 16.5. The van der Waals surface area contributed by atoms with Gasteiger partial charge in [0.2, 0.25) is 0 Å². The number of rotatable bonds is 1. The molecular formula is C18H23NO2. The lowest BCUT2D eigenvalue weighted by Gasteiger charge is -2.57. The van der Waals surface area contributed by atoms with Gasteiger partial charge < -0.3 is 14.4 Å². The molecule has 1 saturated carbocycles. The van der Waals surface area contributed by atoms with Crippen molar-refractivity contribution in [1.29, 1.82) is 0 Å². The molecule has 3 unspecified atom stereocenters. The number of hydrogen-bond donors (Lipinski definition) is 0. The van der Waals surface area contributed by atoms with E-state index in [9.17, 15) is 0 Å². The van der Waals surface area contributed by atoms with Gasteiger partial charge in [0.05, 0.1) is 7.11 Å². The van der Waals surface area contributed by atoms with Crippen molar-refractivity contribution < 1.29 is 9.47 Å². The first-order valence-electron chi connectivity index (χ1n) is 8.33. The van der Waals surface area contributed by atoms with Crippen LogP contribution in [0.4, 0.5) is 0 Å². The molecule has 2 bridgehead atoms. The zero-order valence-corrected chi connectivity index (χ0v) is 12.9. The molecule has 2 aliphatic carbocycles. The molecular weight excluding hydrogens is 262 g/mol. The first-order chi connectivity index (χ1) is 10.3. The highest BCUT2D eigenvalue weighted by Gasteiger charge is 2.62. The lowest BCUT2D eigenvalue weighted by Crippen LogP contribution is -2.63. The fourth-order valence-corrected chi connectivity index (χ4v) is 5.86. The van der Waals surface area contributed by atoms with E-state index in [0.29, 0.717) is 12.1 Å². The lowest BCUT2D eigenvalue weighted by molar-refractivity contribution is -0.0426. The summed E-state index contributed by atoms with van der Waals surface area (Å²) >= 11 is 0. The SMILES string of the molecule is COc1ccc2c3c1OC1CCCC4C(C2)N(C)CC[C@]314. The van der Waals surface area contributed by atoms with E-state index in [1.54, 1.807) is 7.11 Å². The molecule has 3 heteroatoms. The van der Waals surface area contributed by atoms with Gasteiger partial charge in [0.25, 0.3) is 0 Å². The van der Waals surface area contributed by atoms with Crippen LogP contribution in [0.2, 0.25) is 0 Å². The van der Waals surface area contributed by atoms with Gasteiger partial charge in [0.15, 0.2) is 11.5 Å². The second kappa shape index (κ2) is 3.95. The minimum absolute atomic E-state index is 0.285. The molecule has 5 rings (SSSR count). The quantitative estimate of drug-likeness (QED) is 0.792. The molecule has 2 aliphatic heterocycles. The van der Waals surface area contributed by atoms with E-state index in [1.165, 1.54) is 49.8 Å². The molecule has 1 spiro atoms. The van der Waals surface area contributed by atoms with Gasteiger partial charge >= 0.3 is 0 Å². The standard InChI is InChI=1S/C18H23NO2/c1-19-9-8-18-12-4-3-5-15(18)21-17-14(20-2)7-6-11(16(17)18)10-13(12)19/h6-7,12-13,15H,3-5,8-10H2,1-2H3/t12?,13?,15?,18-/m1/s1. The van der Waals surface area contributed by atoms with E-state index in [0.717, 1.165) is 17.4 Å². The Morgan fingerprint density at radius 1 is 1.33 bits per heavy atom. The second-order valence-corrected chi connectivity index (χ2v) is 7.32. The zero-order chi connectivity index (χ0) is 14.2. The van der Waals surface area contributed by atoms with Crippen LogP contribution in [-0.4, -0.2) is 37.7 Å². The van der Waals surface area contributed by atoms with Crippen molar-refractivity contribution in [3.05, 3.63) is 23.3 Å². The third-order valence-electron chi connectivity index (χ3n) is 6.71. The summed E-state index contributed by atoms with van der Waals surface area (Å²) < 4.78 is 12.1. The van der Waals surface area contributed by atoms with Crippen molar-refractivity contribution in [2.45, 2.75) is 49.7 Å². The highest BCUT2D eigenvalue weighted by molar-refractivity contribution is 5.60. The molecule has 112 valence electrons. The Hall–Kier alpha value is -1.22. The summed E-state index contributed by atoms with van der Waals surface area (Å²) in [5, 5.41) is 0. The Kier molecular flexibility index (Phi) is 2.32. The number of hydrogen-bond acceptors (Lipinski definition) is 3. The molecule has 2 heterocycles. The van der Waals surface area contributed by atoms with Crippen LogP contribution in [0.5, 0.6) is 11.5 Å². The molecule has 4 atom stereocenters. The van der Waals surface area contributed by atoms with Crippen molar-refractivity contribution in [3.8, 4) is 11.5 Å². The van der Waals surface area contributed by atoms with Gasteiger partial charge in [-0.1, -0.05) is 6.07 Å². The predicted molar refractivity (Wildman–Crippen MR) is 81.2 cm³/mol. The van der Waals surface area contributed by atoms with Gasteiger partial charge in [0.1, 0.15) is 6.10 Å². The third kappa shape index (κ3) is 1.30. The summed E-state index contributed by atoms with van der Waals surface area (Å²) in [5.41, 5.74) is 3.33. The predicted octanol–water partition coefficient (Wildman–Crippen LogP) is 2.75. The largest absolute Gasteiger partial charge is 0.493 e. The molecule has 2 fully saturated rings. The fourth-order valence-electron chi connectivity index (χ4n) is 5.86. The molecule has 0 radical (unpaired) electrons. The number of benzene rings is 1. The van der Waals surface area contributed by atoms with Gasteiger partial charge in [0, 0.05) is 17.0 Å². The third-order valence-corrected chi connectivity index (χ3v) is 6.71. The first kappa shape index (κ1) is 12.3. The summed E-state index contributed by atoms with van der Waals surface area (Å²) in [4.78, 5) is 2.60. The fraction of sp³-hybridized carbons (Fsp3) is 0.667. The maximum Gasteiger partial charge on any atom is 0.165 e. The van der Waals surface area contributed by atoms with E-state index < -0.39 is 0 Å². The first-order valence-corrected chi connectivity index (χ1v) is 8.33. The van der Waals surface area contributed by atoms with Crippen LogP contribution in [0.3, 0.4) is 0 Å². The van der Waals surface area contributed by atoms with Gasteiger partial charge in [-0.3, -0.25) is 0 Å². The highest BCUT2D eigenvalue weighted by Crippen LogP contribution is 2.63. The topological polar surface area (TPSA) is 21.7 Å². The van der Waals surface area contributed by atoms with Crippen molar-refractivity contribution in [2.24, 2.45) is 5.92 Å². The molecule has 0 amide bonds. The summed E-state index contributed by atoms with van der Waals surface area (Å²) in [6.07, 6.45) is 6.72. The van der Waals surface area contributed by atoms with E-state index in [4.69, 9.17) is 9.47 Å². The van der Waals surface area contributed by atoms with Crippen LogP contribution in [0, 0.1) is 5.92 Å². The second-order valence-electron chi connectivity index (χ2n) is 7.32. The Labute approximate surface area is 126 Å². The van der Waals surface area contributed by atoms with Gasteiger partial charge in [-0.15, -0.1) is 0 Å². The van der Waals surface area contributed by atoms with Crippen LogP contribution in [0.15, 0.2) is 12.1 Å². The Morgan fingerprint density at radius 3 is 3.10 bits per heavy atom. The lowest BCUT2D eigenvalue weighted by atomic mass is 9.52. The number of likely N-dealkylation sites (N-methyl/N-ethyl adjacent to an activating group) is 1. The van der Waals surface area contributed by atoms with E-state index in [-0.39, 0.29) is 5.41 Å². The monoisotopic (exact) mass is 285 g/mol. The van der Waals surface area contributed by atoms with Crippen LogP contribution in [0.1, 0.15) is 36.8 Å². The van der Waals surface area contributed by atoms with Gasteiger partial charge in [-0.2, -0.15) is 0 Å². The van der Waals surface area contributed by atoms with E-state index in [2.05, 4.69) is 24.1 Å². The molecule has 0 N–H and O–H groups in total. The molecule has 21 heavy (non-hydrogen) atoms. The van der Waals surface area contributed by atoms with E-state index >= 15 is 0 Å². The normalized spacial score (nSPS) is 39.6. The number of ether oxygens (including phenoxy) is 2.